The lowest BCUT2D eigenvalue weighted by Crippen LogP contribution is -2.38. The number of nitrogens with zero attached hydrogens (tertiary/aromatic N) is 1. The number of hydrogen-bond acceptors (Lipinski definition) is 3. The maximum absolute atomic E-state index is 10.4. The maximum atomic E-state index is 10.4. The fourth-order valence-electron chi connectivity index (χ4n) is 2.73. The Hall–Kier alpha value is -0.770. The topological polar surface area (TPSA) is 49.5 Å². The highest BCUT2D eigenvalue weighted by molar-refractivity contribution is 6.31. The zero-order valence-electron chi connectivity index (χ0n) is 10.8. The molecule has 0 aliphatic heterocycles. The standard InChI is InChI=1S/C14H21ClN2O/c1-17(10-14(18)6-2-3-7-14)9-11-4-5-12(16)8-13(11)15/h4-5,8,18H,2-3,6-7,9-10,16H2,1H3. The lowest BCUT2D eigenvalue weighted by Gasteiger charge is -2.28. The molecule has 0 spiro atoms. The van der Waals surface area contributed by atoms with Crippen LogP contribution >= 0.6 is 11.6 Å². The van der Waals surface area contributed by atoms with Gasteiger partial charge in [0.2, 0.25) is 0 Å². The van der Waals surface area contributed by atoms with Gasteiger partial charge in [-0.15, -0.1) is 0 Å². The minimum atomic E-state index is -0.505. The molecule has 0 bridgehead atoms. The Morgan fingerprint density at radius 3 is 2.67 bits per heavy atom. The number of halogens is 1. The highest BCUT2D eigenvalue weighted by atomic mass is 35.5. The lowest BCUT2D eigenvalue weighted by molar-refractivity contribution is 0.0145. The van der Waals surface area contributed by atoms with Gasteiger partial charge in [0.25, 0.3) is 0 Å². The van der Waals surface area contributed by atoms with Crippen molar-refractivity contribution < 1.29 is 5.11 Å². The summed E-state index contributed by atoms with van der Waals surface area (Å²) in [4.78, 5) is 2.13. The molecule has 0 radical (unpaired) electrons. The van der Waals surface area contributed by atoms with Crippen molar-refractivity contribution in [3.63, 3.8) is 0 Å². The number of aliphatic hydroxyl groups is 1. The van der Waals surface area contributed by atoms with Crippen molar-refractivity contribution >= 4 is 17.3 Å². The molecule has 4 heteroatoms. The molecular formula is C14H21ClN2O. The second-order valence-corrected chi connectivity index (χ2v) is 5.86. The zero-order valence-corrected chi connectivity index (χ0v) is 11.6. The zero-order chi connectivity index (χ0) is 13.2. The molecule has 1 aromatic rings. The van der Waals surface area contributed by atoms with Crippen molar-refractivity contribution in [1.82, 2.24) is 4.90 Å². The molecule has 0 heterocycles. The van der Waals surface area contributed by atoms with E-state index in [1.54, 1.807) is 6.07 Å². The molecule has 1 aromatic carbocycles. The minimum Gasteiger partial charge on any atom is -0.399 e. The van der Waals surface area contributed by atoms with Crippen LogP contribution in [0, 0.1) is 0 Å². The molecule has 100 valence electrons. The molecule has 1 aliphatic carbocycles. The number of benzene rings is 1. The van der Waals surface area contributed by atoms with Crippen LogP contribution in [-0.4, -0.2) is 29.2 Å². The van der Waals surface area contributed by atoms with E-state index in [2.05, 4.69) is 4.90 Å². The molecule has 1 fully saturated rings. The Labute approximate surface area is 114 Å². The lowest BCUT2D eigenvalue weighted by atomic mass is 10.0. The summed E-state index contributed by atoms with van der Waals surface area (Å²) in [5, 5.41) is 11.1. The van der Waals surface area contributed by atoms with Gasteiger partial charge in [-0.1, -0.05) is 30.5 Å². The summed E-state index contributed by atoms with van der Waals surface area (Å²) >= 11 is 6.16. The minimum absolute atomic E-state index is 0.505. The third-order valence-corrected chi connectivity index (χ3v) is 3.97. The van der Waals surface area contributed by atoms with E-state index in [0.717, 1.165) is 37.8 Å². The van der Waals surface area contributed by atoms with E-state index in [-0.39, 0.29) is 0 Å². The number of likely N-dealkylation sites (N-methyl/N-ethyl adjacent to an activating group) is 1. The molecule has 0 unspecified atom stereocenters. The van der Waals surface area contributed by atoms with Gasteiger partial charge in [0.1, 0.15) is 0 Å². The predicted molar refractivity (Wildman–Crippen MR) is 75.6 cm³/mol. The number of nitrogen functional groups attached to an aromatic ring is 1. The summed E-state index contributed by atoms with van der Waals surface area (Å²) in [5.74, 6) is 0. The highest BCUT2D eigenvalue weighted by Gasteiger charge is 2.32. The van der Waals surface area contributed by atoms with Gasteiger partial charge in [-0.25, -0.2) is 0 Å². The first-order chi connectivity index (χ1) is 8.48. The summed E-state index contributed by atoms with van der Waals surface area (Å²) in [6.07, 6.45) is 4.08. The van der Waals surface area contributed by atoms with Gasteiger partial charge in [0, 0.05) is 23.8 Å². The van der Waals surface area contributed by atoms with E-state index < -0.39 is 5.60 Å². The molecule has 1 saturated carbocycles. The van der Waals surface area contributed by atoms with Crippen LogP contribution in [-0.2, 0) is 6.54 Å². The SMILES string of the molecule is CN(Cc1ccc(N)cc1Cl)CC1(O)CCCC1. The Bertz CT molecular complexity index is 416. The molecule has 0 amide bonds. The first-order valence-electron chi connectivity index (χ1n) is 6.43. The van der Waals surface area contributed by atoms with E-state index in [0.29, 0.717) is 17.3 Å². The van der Waals surface area contributed by atoms with Crippen molar-refractivity contribution in [3.8, 4) is 0 Å². The fraction of sp³-hybridized carbons (Fsp3) is 0.571. The summed E-state index contributed by atoms with van der Waals surface area (Å²) in [6, 6.07) is 5.58. The van der Waals surface area contributed by atoms with Crippen molar-refractivity contribution in [2.45, 2.75) is 37.8 Å². The summed E-state index contributed by atoms with van der Waals surface area (Å²) < 4.78 is 0. The van der Waals surface area contributed by atoms with Crippen molar-refractivity contribution in [1.29, 1.82) is 0 Å². The summed E-state index contributed by atoms with van der Waals surface area (Å²) in [7, 11) is 2.02. The highest BCUT2D eigenvalue weighted by Crippen LogP contribution is 2.30. The molecule has 0 saturated heterocycles. The van der Waals surface area contributed by atoms with Gasteiger partial charge in [0.05, 0.1) is 5.60 Å². The summed E-state index contributed by atoms with van der Waals surface area (Å²) in [5.41, 5.74) is 6.90. The molecule has 18 heavy (non-hydrogen) atoms. The van der Waals surface area contributed by atoms with Crippen LogP contribution in [0.5, 0.6) is 0 Å². The van der Waals surface area contributed by atoms with Crippen LogP contribution in [0.25, 0.3) is 0 Å². The van der Waals surface area contributed by atoms with E-state index in [4.69, 9.17) is 17.3 Å². The summed E-state index contributed by atoms with van der Waals surface area (Å²) in [6.45, 7) is 1.44. The Kier molecular flexibility index (Phi) is 4.15. The smallest absolute Gasteiger partial charge is 0.0774 e. The average molecular weight is 269 g/mol. The van der Waals surface area contributed by atoms with Gasteiger partial charge in [-0.2, -0.15) is 0 Å². The Morgan fingerprint density at radius 2 is 2.06 bits per heavy atom. The third kappa shape index (κ3) is 3.37. The molecule has 1 aliphatic rings. The second kappa shape index (κ2) is 5.47. The number of hydrogen-bond donors (Lipinski definition) is 2. The second-order valence-electron chi connectivity index (χ2n) is 5.45. The van der Waals surface area contributed by atoms with Gasteiger partial charge < -0.3 is 10.8 Å². The predicted octanol–water partition coefficient (Wildman–Crippen LogP) is 2.66. The molecule has 2 rings (SSSR count). The van der Waals surface area contributed by atoms with Crippen LogP contribution in [0.1, 0.15) is 31.2 Å². The quantitative estimate of drug-likeness (QED) is 0.826. The van der Waals surface area contributed by atoms with Crippen LogP contribution in [0.3, 0.4) is 0 Å². The van der Waals surface area contributed by atoms with Crippen molar-refractivity contribution in [2.24, 2.45) is 0 Å². The molecule has 0 aromatic heterocycles. The van der Waals surface area contributed by atoms with E-state index in [1.165, 1.54) is 0 Å². The third-order valence-electron chi connectivity index (χ3n) is 3.62. The van der Waals surface area contributed by atoms with Crippen molar-refractivity contribution in [3.05, 3.63) is 28.8 Å². The van der Waals surface area contributed by atoms with Gasteiger partial charge in [-0.05, 0) is 37.6 Å². The number of nitrogens with two attached hydrogens (primary N) is 1. The average Bonchev–Trinajstić information content (AvgIpc) is 2.69. The van der Waals surface area contributed by atoms with E-state index in [1.807, 2.05) is 19.2 Å². The first-order valence-corrected chi connectivity index (χ1v) is 6.81. The largest absolute Gasteiger partial charge is 0.399 e. The van der Waals surface area contributed by atoms with E-state index in [9.17, 15) is 5.11 Å². The number of rotatable bonds is 4. The molecule has 3 nitrogen and oxygen atoms in total. The Balaban J connectivity index is 1.96. The normalized spacial score (nSPS) is 18.4. The molecule has 0 atom stereocenters. The Morgan fingerprint density at radius 1 is 1.39 bits per heavy atom. The molecule has 3 N–H and O–H groups in total. The van der Waals surface area contributed by atoms with Crippen LogP contribution in [0.2, 0.25) is 5.02 Å². The van der Waals surface area contributed by atoms with Crippen LogP contribution in [0.15, 0.2) is 18.2 Å². The number of anilines is 1. The maximum Gasteiger partial charge on any atom is 0.0774 e. The van der Waals surface area contributed by atoms with Gasteiger partial charge >= 0.3 is 0 Å². The monoisotopic (exact) mass is 268 g/mol. The van der Waals surface area contributed by atoms with Crippen molar-refractivity contribution in [2.75, 3.05) is 19.3 Å². The van der Waals surface area contributed by atoms with Crippen LogP contribution < -0.4 is 5.73 Å². The van der Waals surface area contributed by atoms with E-state index >= 15 is 0 Å². The van der Waals surface area contributed by atoms with Gasteiger partial charge in [-0.3, -0.25) is 4.90 Å². The molecular weight excluding hydrogens is 248 g/mol. The van der Waals surface area contributed by atoms with Gasteiger partial charge in [0.15, 0.2) is 0 Å². The first kappa shape index (κ1) is 13.7. The van der Waals surface area contributed by atoms with Crippen LogP contribution in [0.4, 0.5) is 5.69 Å². The fourth-order valence-corrected chi connectivity index (χ4v) is 2.98.